The molecule has 17 heavy (non-hydrogen) atoms. The van der Waals surface area contributed by atoms with Crippen LogP contribution in [0.25, 0.3) is 6.08 Å². The molecule has 0 bridgehead atoms. The summed E-state index contributed by atoms with van der Waals surface area (Å²) in [6.07, 6.45) is 1.71. The van der Waals surface area contributed by atoms with E-state index in [4.69, 9.17) is 15.1 Å². The smallest absolute Gasteiger partial charge is 0.328 e. The van der Waals surface area contributed by atoms with Gasteiger partial charge in [0.05, 0.1) is 0 Å². The molecule has 5 nitrogen and oxygen atoms in total. The molecule has 88 valence electrons. The van der Waals surface area contributed by atoms with Gasteiger partial charge in [-0.05, 0) is 32.1 Å². The van der Waals surface area contributed by atoms with E-state index in [-0.39, 0.29) is 0 Å². The van der Waals surface area contributed by atoms with Gasteiger partial charge in [0.15, 0.2) is 6.10 Å². The first-order valence-corrected chi connectivity index (χ1v) is 4.98. The number of carboxylic acids is 1. The fraction of sp³-hybridized carbons (Fsp3) is 0.250. The molecule has 1 aromatic rings. The Morgan fingerprint density at radius 2 is 2.35 bits per heavy atom. The van der Waals surface area contributed by atoms with Crippen LogP contribution in [-0.4, -0.2) is 22.2 Å². The van der Waals surface area contributed by atoms with Crippen molar-refractivity contribution in [1.29, 1.82) is 5.26 Å². The number of pyridine rings is 1. The number of nitrogens with zero attached hydrogens (tertiary/aromatic N) is 2. The minimum atomic E-state index is -1.06. The fourth-order valence-electron chi connectivity index (χ4n) is 1.15. The zero-order chi connectivity index (χ0) is 12.8. The van der Waals surface area contributed by atoms with E-state index in [2.05, 4.69) is 4.98 Å². The van der Waals surface area contributed by atoms with E-state index < -0.39 is 12.1 Å². The van der Waals surface area contributed by atoms with Crippen molar-refractivity contribution in [2.45, 2.75) is 20.0 Å². The Morgan fingerprint density at radius 1 is 1.65 bits per heavy atom. The van der Waals surface area contributed by atoms with Crippen molar-refractivity contribution in [3.63, 3.8) is 0 Å². The first kappa shape index (κ1) is 12.7. The summed E-state index contributed by atoms with van der Waals surface area (Å²) in [6.45, 7) is 3.39. The summed E-state index contributed by atoms with van der Waals surface area (Å²) in [4.78, 5) is 14.6. The van der Waals surface area contributed by atoms with Gasteiger partial charge in [0.2, 0.25) is 0 Å². The summed E-state index contributed by atoms with van der Waals surface area (Å²) >= 11 is 0. The monoisotopic (exact) mass is 232 g/mol. The average Bonchev–Trinajstić information content (AvgIpc) is 2.29. The van der Waals surface area contributed by atoms with Gasteiger partial charge >= 0.3 is 5.97 Å². The van der Waals surface area contributed by atoms with Crippen LogP contribution in [0.2, 0.25) is 0 Å². The molecule has 1 N–H and O–H groups in total. The van der Waals surface area contributed by atoms with E-state index in [0.717, 1.165) is 11.8 Å². The van der Waals surface area contributed by atoms with E-state index in [0.29, 0.717) is 11.4 Å². The highest BCUT2D eigenvalue weighted by atomic mass is 16.5. The molecule has 0 aliphatic carbocycles. The van der Waals surface area contributed by atoms with Crippen LogP contribution in [0.1, 0.15) is 18.3 Å². The summed E-state index contributed by atoms with van der Waals surface area (Å²) < 4.78 is 5.31. The van der Waals surface area contributed by atoms with Crippen LogP contribution in [0, 0.1) is 18.3 Å². The van der Waals surface area contributed by atoms with Crippen LogP contribution in [0.5, 0.6) is 5.75 Å². The number of aryl methyl sites for hydroxylation is 1. The van der Waals surface area contributed by atoms with Crippen LogP contribution >= 0.6 is 0 Å². The number of carbonyl (C=O) groups is 1. The molecule has 1 unspecified atom stereocenters. The fourth-order valence-corrected chi connectivity index (χ4v) is 1.15. The Morgan fingerprint density at radius 3 is 2.94 bits per heavy atom. The second-order valence-corrected chi connectivity index (χ2v) is 3.40. The number of hydrogen-bond acceptors (Lipinski definition) is 4. The molecule has 0 fully saturated rings. The van der Waals surface area contributed by atoms with Crippen molar-refractivity contribution in [3.8, 4) is 11.8 Å². The van der Waals surface area contributed by atoms with E-state index >= 15 is 0 Å². The molecule has 5 heteroatoms. The van der Waals surface area contributed by atoms with Gasteiger partial charge in [0.1, 0.15) is 17.5 Å². The molecule has 0 spiro atoms. The van der Waals surface area contributed by atoms with Crippen molar-refractivity contribution in [1.82, 2.24) is 4.98 Å². The van der Waals surface area contributed by atoms with Gasteiger partial charge in [-0.2, -0.15) is 5.26 Å². The van der Waals surface area contributed by atoms with Gasteiger partial charge in [-0.1, -0.05) is 0 Å². The normalized spacial score (nSPS) is 12.1. The van der Waals surface area contributed by atoms with Crippen molar-refractivity contribution in [2.75, 3.05) is 0 Å². The molecule has 0 saturated carbocycles. The van der Waals surface area contributed by atoms with E-state index in [1.54, 1.807) is 26.0 Å². The van der Waals surface area contributed by atoms with Gasteiger partial charge in [-0.25, -0.2) is 9.78 Å². The van der Waals surface area contributed by atoms with Crippen LogP contribution in [-0.2, 0) is 4.79 Å². The Balaban J connectivity index is 3.04. The van der Waals surface area contributed by atoms with Crippen LogP contribution in [0.15, 0.2) is 18.2 Å². The van der Waals surface area contributed by atoms with E-state index in [9.17, 15) is 4.79 Å². The Kier molecular flexibility index (Phi) is 4.23. The zero-order valence-corrected chi connectivity index (χ0v) is 9.54. The molecular weight excluding hydrogens is 220 g/mol. The predicted molar refractivity (Wildman–Crippen MR) is 61.3 cm³/mol. The van der Waals surface area contributed by atoms with Crippen LogP contribution in [0.3, 0.4) is 0 Å². The molecule has 0 aromatic carbocycles. The lowest BCUT2D eigenvalue weighted by Crippen LogP contribution is -2.09. The minimum Gasteiger partial charge on any atom is -0.478 e. The maximum Gasteiger partial charge on any atom is 0.328 e. The number of nitriles is 1. The predicted octanol–water partition coefficient (Wildman–Crippen LogP) is 1.78. The molecule has 0 aliphatic rings. The summed E-state index contributed by atoms with van der Waals surface area (Å²) in [5, 5.41) is 17.2. The Hall–Kier alpha value is -2.35. The molecule has 1 atom stereocenters. The number of hydrogen-bond donors (Lipinski definition) is 1. The summed E-state index contributed by atoms with van der Waals surface area (Å²) in [6, 6.07) is 5.33. The maximum absolute atomic E-state index is 10.4. The van der Waals surface area contributed by atoms with Gasteiger partial charge in [-0.15, -0.1) is 0 Å². The molecule has 0 saturated heterocycles. The second-order valence-electron chi connectivity index (χ2n) is 3.40. The highest BCUT2D eigenvalue weighted by molar-refractivity contribution is 5.85. The maximum atomic E-state index is 10.4. The molecule has 0 radical (unpaired) electrons. The van der Waals surface area contributed by atoms with Gasteiger partial charge < -0.3 is 9.84 Å². The van der Waals surface area contributed by atoms with E-state index in [1.165, 1.54) is 6.08 Å². The van der Waals surface area contributed by atoms with Gasteiger partial charge in [0, 0.05) is 11.8 Å². The molecular formula is C12H12N2O3. The molecule has 1 rings (SSSR count). The average molecular weight is 232 g/mol. The number of aromatic nitrogens is 1. The van der Waals surface area contributed by atoms with Gasteiger partial charge in [-0.3, -0.25) is 0 Å². The quantitative estimate of drug-likeness (QED) is 0.800. The zero-order valence-electron chi connectivity index (χ0n) is 9.54. The lowest BCUT2D eigenvalue weighted by Gasteiger charge is -2.10. The molecule has 1 aromatic heterocycles. The third-order valence-electron chi connectivity index (χ3n) is 1.89. The highest BCUT2D eigenvalue weighted by Gasteiger charge is 2.07. The molecule has 1 heterocycles. The number of aliphatic carboxylic acids is 1. The van der Waals surface area contributed by atoms with Crippen molar-refractivity contribution < 1.29 is 14.6 Å². The first-order valence-electron chi connectivity index (χ1n) is 4.98. The summed E-state index contributed by atoms with van der Waals surface area (Å²) in [5.41, 5.74) is 1.14. The number of ether oxygens (including phenoxy) is 1. The van der Waals surface area contributed by atoms with E-state index in [1.807, 2.05) is 6.07 Å². The Bertz CT molecular complexity index is 489. The van der Waals surface area contributed by atoms with Crippen LogP contribution < -0.4 is 4.74 Å². The summed E-state index contributed by atoms with van der Waals surface area (Å²) in [5.74, 6) is -0.672. The standard InChI is InChI=1S/C12H12N2O3/c1-8-3-5-11(17-9(2)7-13)10(14-8)4-6-12(15)16/h3-6,9H,1-2H3,(H,15,16). The largest absolute Gasteiger partial charge is 0.478 e. The molecule has 0 amide bonds. The third-order valence-corrected chi connectivity index (χ3v) is 1.89. The number of rotatable bonds is 4. The molecule has 0 aliphatic heterocycles. The van der Waals surface area contributed by atoms with Crippen molar-refractivity contribution in [2.24, 2.45) is 0 Å². The minimum absolute atomic E-state index is 0.391. The van der Waals surface area contributed by atoms with Crippen molar-refractivity contribution >= 4 is 12.0 Å². The topological polar surface area (TPSA) is 83.2 Å². The number of carboxylic acid groups (broad SMARTS) is 1. The third kappa shape index (κ3) is 3.95. The Labute approximate surface area is 99.0 Å². The van der Waals surface area contributed by atoms with Crippen LogP contribution in [0.4, 0.5) is 0 Å². The first-order chi connectivity index (χ1) is 8.02. The SMILES string of the molecule is Cc1ccc(OC(C)C#N)c(C=CC(=O)O)n1. The summed E-state index contributed by atoms with van der Waals surface area (Å²) in [7, 11) is 0. The van der Waals surface area contributed by atoms with Crippen molar-refractivity contribution in [3.05, 3.63) is 29.6 Å². The second kappa shape index (κ2) is 5.66. The highest BCUT2D eigenvalue weighted by Crippen LogP contribution is 2.19. The lowest BCUT2D eigenvalue weighted by molar-refractivity contribution is -0.131. The lowest BCUT2D eigenvalue weighted by atomic mass is 10.2. The van der Waals surface area contributed by atoms with Gasteiger partial charge in [0.25, 0.3) is 0 Å².